The van der Waals surface area contributed by atoms with Crippen LogP contribution >= 0.6 is 0 Å². The van der Waals surface area contributed by atoms with E-state index in [1.807, 2.05) is 10.6 Å². The molecule has 28 heavy (non-hydrogen) atoms. The van der Waals surface area contributed by atoms with Gasteiger partial charge in [-0.1, -0.05) is 0 Å². The van der Waals surface area contributed by atoms with Gasteiger partial charge in [0.1, 0.15) is 12.4 Å². The van der Waals surface area contributed by atoms with Crippen molar-refractivity contribution in [2.75, 3.05) is 19.4 Å². The number of aryl methyl sites for hydroxylation is 2. The van der Waals surface area contributed by atoms with Crippen LogP contribution in [0.1, 0.15) is 16.7 Å². The van der Waals surface area contributed by atoms with Crippen molar-refractivity contribution >= 4 is 28.3 Å². The maximum Gasteiger partial charge on any atom is 0.416 e. The molecular weight excluding hydrogens is 369 g/mol. The van der Waals surface area contributed by atoms with Gasteiger partial charge >= 0.3 is 6.18 Å². The molecule has 0 aliphatic heterocycles. The zero-order chi connectivity index (χ0) is 20.6. The van der Waals surface area contributed by atoms with Crippen molar-refractivity contribution in [3.05, 3.63) is 53.3 Å². The Hall–Kier alpha value is -3.03. The first kappa shape index (κ1) is 19.7. The number of benzene rings is 1. The Labute approximate surface area is 160 Å². The normalized spacial score (nSPS) is 11.7. The molecule has 0 atom stereocenters. The molecule has 0 aliphatic carbocycles. The Kier molecular flexibility index (Phi) is 5.06. The second kappa shape index (κ2) is 7.18. The standard InChI is InChI=1S/C20H21F3N4O/c1-12-9-14(20(21,22)23)10-13(2)18(12)25-19-15-6-8-27(11-17(28)26(3)4)16(15)5-7-24-19/h5-10H,11H2,1-4H3,(H,24,25). The van der Waals surface area contributed by atoms with Crippen LogP contribution in [0, 0.1) is 13.8 Å². The predicted molar refractivity (Wildman–Crippen MR) is 103 cm³/mol. The Bertz CT molecular complexity index is 1010. The summed E-state index contributed by atoms with van der Waals surface area (Å²) in [4.78, 5) is 17.9. The van der Waals surface area contributed by atoms with E-state index in [1.165, 1.54) is 4.90 Å². The molecule has 0 aliphatic rings. The number of halogens is 3. The number of amides is 1. The number of carbonyl (C=O) groups is 1. The number of rotatable bonds is 4. The summed E-state index contributed by atoms with van der Waals surface area (Å²) < 4.78 is 40.9. The van der Waals surface area contributed by atoms with Gasteiger partial charge in [0.15, 0.2) is 0 Å². The second-order valence-electron chi connectivity index (χ2n) is 6.93. The molecule has 0 bridgehead atoms. The first-order chi connectivity index (χ1) is 13.1. The number of aromatic nitrogens is 2. The van der Waals surface area contributed by atoms with Crippen molar-refractivity contribution in [1.29, 1.82) is 0 Å². The first-order valence-electron chi connectivity index (χ1n) is 8.67. The summed E-state index contributed by atoms with van der Waals surface area (Å²) in [7, 11) is 3.39. The van der Waals surface area contributed by atoms with Crippen molar-refractivity contribution in [3.8, 4) is 0 Å². The highest BCUT2D eigenvalue weighted by Crippen LogP contribution is 2.35. The van der Waals surface area contributed by atoms with Gasteiger partial charge in [0, 0.05) is 37.6 Å². The third-order valence-corrected chi connectivity index (χ3v) is 4.61. The third-order valence-electron chi connectivity index (χ3n) is 4.61. The predicted octanol–water partition coefficient (Wildman–Crippen LogP) is 4.50. The smallest absolute Gasteiger partial charge is 0.347 e. The van der Waals surface area contributed by atoms with Gasteiger partial charge in [0.2, 0.25) is 5.91 Å². The number of anilines is 2. The fraction of sp³-hybridized carbons (Fsp3) is 0.300. The topological polar surface area (TPSA) is 50.2 Å². The maximum absolute atomic E-state index is 13.0. The summed E-state index contributed by atoms with van der Waals surface area (Å²) in [6, 6.07) is 5.88. The molecule has 1 aromatic carbocycles. The summed E-state index contributed by atoms with van der Waals surface area (Å²) in [5, 5.41) is 3.95. The summed E-state index contributed by atoms with van der Waals surface area (Å²) in [6.07, 6.45) is -0.982. The van der Waals surface area contributed by atoms with Gasteiger partial charge in [-0.15, -0.1) is 0 Å². The van der Waals surface area contributed by atoms with Crippen LogP contribution in [-0.4, -0.2) is 34.5 Å². The van der Waals surface area contributed by atoms with Gasteiger partial charge in [-0.25, -0.2) is 4.98 Å². The molecule has 0 spiro atoms. The van der Waals surface area contributed by atoms with Crippen molar-refractivity contribution in [1.82, 2.24) is 14.5 Å². The first-order valence-corrected chi connectivity index (χ1v) is 8.67. The molecule has 2 heterocycles. The zero-order valence-electron chi connectivity index (χ0n) is 16.1. The van der Waals surface area contributed by atoms with E-state index < -0.39 is 11.7 Å². The van der Waals surface area contributed by atoms with Crippen LogP contribution in [0.3, 0.4) is 0 Å². The number of carbonyl (C=O) groups excluding carboxylic acids is 1. The fourth-order valence-corrected chi connectivity index (χ4v) is 3.09. The van der Waals surface area contributed by atoms with E-state index in [0.29, 0.717) is 22.6 Å². The molecule has 0 saturated heterocycles. The number of hydrogen-bond acceptors (Lipinski definition) is 3. The molecule has 148 valence electrons. The summed E-state index contributed by atoms with van der Waals surface area (Å²) in [6.45, 7) is 3.45. The van der Waals surface area contributed by atoms with E-state index in [1.54, 1.807) is 46.4 Å². The minimum atomic E-state index is -4.39. The van der Waals surface area contributed by atoms with Crippen molar-refractivity contribution < 1.29 is 18.0 Å². The van der Waals surface area contributed by atoms with E-state index in [2.05, 4.69) is 10.3 Å². The monoisotopic (exact) mass is 390 g/mol. The van der Waals surface area contributed by atoms with Crippen LogP contribution < -0.4 is 5.32 Å². The Balaban J connectivity index is 1.98. The molecule has 3 aromatic rings. The SMILES string of the molecule is Cc1cc(C(F)(F)F)cc(C)c1Nc1nccc2c1ccn2CC(=O)N(C)C. The Morgan fingerprint density at radius 2 is 1.82 bits per heavy atom. The van der Waals surface area contributed by atoms with E-state index >= 15 is 0 Å². The van der Waals surface area contributed by atoms with Crippen molar-refractivity contribution in [2.24, 2.45) is 0 Å². The van der Waals surface area contributed by atoms with E-state index in [4.69, 9.17) is 0 Å². The average molecular weight is 390 g/mol. The molecule has 0 unspecified atom stereocenters. The van der Waals surface area contributed by atoms with Crippen LogP contribution in [0.2, 0.25) is 0 Å². The molecule has 1 amide bonds. The quantitative estimate of drug-likeness (QED) is 0.713. The molecule has 1 N–H and O–H groups in total. The lowest BCUT2D eigenvalue weighted by atomic mass is 10.0. The fourth-order valence-electron chi connectivity index (χ4n) is 3.09. The van der Waals surface area contributed by atoms with Gasteiger partial charge in [0.05, 0.1) is 11.1 Å². The lowest BCUT2D eigenvalue weighted by Crippen LogP contribution is -2.25. The van der Waals surface area contributed by atoms with Crippen molar-refractivity contribution in [2.45, 2.75) is 26.6 Å². The largest absolute Gasteiger partial charge is 0.416 e. The molecule has 5 nitrogen and oxygen atoms in total. The highest BCUT2D eigenvalue weighted by Gasteiger charge is 2.31. The minimum Gasteiger partial charge on any atom is -0.347 e. The number of hydrogen-bond donors (Lipinski definition) is 1. The van der Waals surface area contributed by atoms with Crippen LogP contribution in [0.4, 0.5) is 24.7 Å². The molecular formula is C20H21F3N4O. The summed E-state index contributed by atoms with van der Waals surface area (Å²) >= 11 is 0. The minimum absolute atomic E-state index is 0.0433. The van der Waals surface area contributed by atoms with Crippen LogP contribution in [0.15, 0.2) is 36.7 Å². The van der Waals surface area contributed by atoms with Crippen LogP contribution in [-0.2, 0) is 17.5 Å². The molecule has 2 aromatic heterocycles. The number of alkyl halides is 3. The van der Waals surface area contributed by atoms with E-state index in [-0.39, 0.29) is 12.5 Å². The van der Waals surface area contributed by atoms with Crippen LogP contribution in [0.25, 0.3) is 10.9 Å². The summed E-state index contributed by atoms with van der Waals surface area (Å²) in [5.74, 6) is 0.484. The Morgan fingerprint density at radius 1 is 1.18 bits per heavy atom. The van der Waals surface area contributed by atoms with Gasteiger partial charge < -0.3 is 14.8 Å². The van der Waals surface area contributed by atoms with E-state index in [9.17, 15) is 18.0 Å². The molecule has 8 heteroatoms. The number of nitrogens with zero attached hydrogens (tertiary/aromatic N) is 3. The third kappa shape index (κ3) is 3.81. The van der Waals surface area contributed by atoms with Gasteiger partial charge in [-0.2, -0.15) is 13.2 Å². The zero-order valence-corrected chi connectivity index (χ0v) is 16.1. The van der Waals surface area contributed by atoms with Crippen molar-refractivity contribution in [3.63, 3.8) is 0 Å². The van der Waals surface area contributed by atoms with Crippen LogP contribution in [0.5, 0.6) is 0 Å². The maximum atomic E-state index is 13.0. The van der Waals surface area contributed by atoms with E-state index in [0.717, 1.165) is 23.0 Å². The average Bonchev–Trinajstić information content (AvgIpc) is 3.00. The molecule has 3 rings (SSSR count). The number of likely N-dealkylation sites (N-methyl/N-ethyl adjacent to an activating group) is 1. The highest BCUT2D eigenvalue weighted by molar-refractivity contribution is 5.93. The highest BCUT2D eigenvalue weighted by atomic mass is 19.4. The van der Waals surface area contributed by atoms with Gasteiger partial charge in [-0.3, -0.25) is 4.79 Å². The molecule has 0 saturated carbocycles. The van der Waals surface area contributed by atoms with Gasteiger partial charge in [0.25, 0.3) is 0 Å². The number of fused-ring (bicyclic) bond motifs is 1. The molecule has 0 radical (unpaired) electrons. The van der Waals surface area contributed by atoms with Gasteiger partial charge in [-0.05, 0) is 49.2 Å². The number of nitrogens with one attached hydrogen (secondary N) is 1. The molecule has 0 fully saturated rings. The summed E-state index contributed by atoms with van der Waals surface area (Å²) in [5.41, 5.74) is 1.69. The Morgan fingerprint density at radius 3 is 2.39 bits per heavy atom. The lowest BCUT2D eigenvalue weighted by molar-refractivity contribution is -0.137. The number of pyridine rings is 1. The lowest BCUT2D eigenvalue weighted by Gasteiger charge is -2.16. The second-order valence-corrected chi connectivity index (χ2v) is 6.93.